The molecule has 9 N–H and O–H groups in total. The number of benzene rings is 1. The molecule has 1 aromatic heterocycles. The predicted octanol–water partition coefficient (Wildman–Crippen LogP) is 0.123. The average Bonchev–Trinajstić information content (AvgIpc) is 3.53. The van der Waals surface area contributed by atoms with Crippen molar-refractivity contribution >= 4 is 40.2 Å². The number of nitrogens with zero attached hydrogens (tertiary/aromatic N) is 6. The number of carbonyl (C=O) groups is 2. The minimum absolute atomic E-state index is 0.0126. The minimum atomic E-state index is -1.06. The number of hydrogen-bond acceptors (Lipinski definition) is 10. The third kappa shape index (κ3) is 4.83. The summed E-state index contributed by atoms with van der Waals surface area (Å²) in [5, 5.41) is 26.9. The van der Waals surface area contributed by atoms with E-state index in [4.69, 9.17) is 23.3 Å². The topological polar surface area (TPSA) is 215 Å². The number of amides is 2. The number of halogens is 1. The maximum absolute atomic E-state index is 13.2. The Labute approximate surface area is 215 Å². The van der Waals surface area contributed by atoms with Gasteiger partial charge in [-0.05, 0) is 31.0 Å². The molecule has 3 aliphatic rings. The molecule has 194 valence electrons. The highest BCUT2D eigenvalue weighted by Gasteiger charge is 2.43. The van der Waals surface area contributed by atoms with Gasteiger partial charge in [0.05, 0.1) is 0 Å². The lowest BCUT2D eigenvalue weighted by Crippen LogP contribution is -2.59. The van der Waals surface area contributed by atoms with Crippen LogP contribution in [0.4, 0.5) is 0 Å². The van der Waals surface area contributed by atoms with E-state index >= 15 is 0 Å². The normalized spacial score (nSPS) is 23.7. The number of aromatic amines is 1. The number of aliphatic imine (C=N–C) groups is 1. The van der Waals surface area contributed by atoms with Crippen LogP contribution in [0.2, 0.25) is 0 Å². The Morgan fingerprint density at radius 1 is 1.16 bits per heavy atom. The van der Waals surface area contributed by atoms with Gasteiger partial charge in [0.1, 0.15) is 6.29 Å². The summed E-state index contributed by atoms with van der Waals surface area (Å²) < 4.78 is 0. The second kappa shape index (κ2) is 10.1. The molecule has 2 atom stereocenters. The predicted molar refractivity (Wildman–Crippen MR) is 135 cm³/mol. The number of nitrogens with one attached hydrogen (secondary N) is 5. The first-order chi connectivity index (χ1) is 17.9. The summed E-state index contributed by atoms with van der Waals surface area (Å²) in [7, 11) is 0. The van der Waals surface area contributed by atoms with Crippen molar-refractivity contribution in [3.8, 4) is 0 Å². The SMILES string of the molecule is NN=NC1=NC(N=NN)=C(Cl)NC1C(=O)NC1NCC2(CCN(C(=O)c3cccc4[nH]ccc34)CC2)N1. The lowest BCUT2D eigenvalue weighted by atomic mass is 9.88. The molecule has 1 aromatic carbocycles. The third-order valence-corrected chi connectivity index (χ3v) is 7.01. The van der Waals surface area contributed by atoms with Gasteiger partial charge in [-0.15, -0.1) is 10.2 Å². The number of piperidine rings is 1. The number of hydrogen-bond donors (Lipinski definition) is 7. The molecule has 0 saturated carbocycles. The van der Waals surface area contributed by atoms with E-state index in [0.717, 1.165) is 23.7 Å². The number of aromatic nitrogens is 1. The lowest BCUT2D eigenvalue weighted by Gasteiger charge is -2.39. The standard InChI is InChI=1S/C21H26ClN13O2/c22-15-17(32-34-24)28-16(31-33-23)14(27-15)18(36)29-20-26-10-21(30-20)5-8-35(9-6-21)19(37)12-2-1-3-13-11(12)4-7-25-13/h1-4,7,14,20,25-27,30H,5-6,8-10H2,(H2,24,32)(H,29,36)(H2,23,28,31). The zero-order valence-corrected chi connectivity index (χ0v) is 20.4. The molecule has 2 unspecified atom stereocenters. The second-order valence-corrected chi connectivity index (χ2v) is 9.28. The van der Waals surface area contributed by atoms with Gasteiger partial charge in [0.25, 0.3) is 11.8 Å². The zero-order chi connectivity index (χ0) is 26.0. The summed E-state index contributed by atoms with van der Waals surface area (Å²) in [6.45, 7) is 1.80. The van der Waals surface area contributed by atoms with E-state index in [1.54, 1.807) is 0 Å². The number of fused-ring (bicyclic) bond motifs is 1. The molecule has 0 radical (unpaired) electrons. The van der Waals surface area contributed by atoms with Gasteiger partial charge in [-0.3, -0.25) is 20.2 Å². The smallest absolute Gasteiger partial charge is 0.254 e. The number of H-pyrrole nitrogens is 1. The van der Waals surface area contributed by atoms with Crippen LogP contribution in [-0.2, 0) is 4.79 Å². The maximum Gasteiger partial charge on any atom is 0.254 e. The van der Waals surface area contributed by atoms with Gasteiger partial charge in [0.2, 0.25) is 5.82 Å². The van der Waals surface area contributed by atoms with Crippen molar-refractivity contribution in [3.63, 3.8) is 0 Å². The van der Waals surface area contributed by atoms with Crippen molar-refractivity contribution in [1.82, 2.24) is 31.2 Å². The number of nitrogens with two attached hydrogens (primary N) is 2. The van der Waals surface area contributed by atoms with Crippen molar-refractivity contribution in [1.29, 1.82) is 0 Å². The van der Waals surface area contributed by atoms with Crippen LogP contribution in [0.1, 0.15) is 23.2 Å². The van der Waals surface area contributed by atoms with Crippen LogP contribution in [0.3, 0.4) is 0 Å². The van der Waals surface area contributed by atoms with E-state index in [1.807, 2.05) is 35.4 Å². The summed E-state index contributed by atoms with van der Waals surface area (Å²) in [5.41, 5.74) is 1.35. The number of amidine groups is 1. The van der Waals surface area contributed by atoms with Crippen molar-refractivity contribution in [2.75, 3.05) is 19.6 Å². The Morgan fingerprint density at radius 2 is 1.95 bits per heavy atom. The Hall–Kier alpha value is -4.08. The van der Waals surface area contributed by atoms with E-state index in [2.05, 4.69) is 51.9 Å². The Bertz CT molecular complexity index is 1320. The van der Waals surface area contributed by atoms with Crippen LogP contribution >= 0.6 is 11.6 Å². The molecule has 0 aliphatic carbocycles. The van der Waals surface area contributed by atoms with Gasteiger partial charge in [-0.25, -0.2) is 4.99 Å². The van der Waals surface area contributed by atoms with E-state index in [1.165, 1.54) is 0 Å². The average molecular weight is 528 g/mol. The molecule has 4 heterocycles. The van der Waals surface area contributed by atoms with Crippen LogP contribution < -0.4 is 33.0 Å². The van der Waals surface area contributed by atoms with Gasteiger partial charge < -0.3 is 32.2 Å². The highest BCUT2D eigenvalue weighted by molar-refractivity contribution is 6.30. The molecule has 2 amide bonds. The van der Waals surface area contributed by atoms with Crippen LogP contribution in [0.5, 0.6) is 0 Å². The number of carbonyl (C=O) groups excluding carboxylic acids is 2. The summed E-state index contributed by atoms with van der Waals surface area (Å²) in [5.74, 6) is 9.65. The quantitative estimate of drug-likeness (QED) is 0.126. The van der Waals surface area contributed by atoms with E-state index in [-0.39, 0.29) is 28.3 Å². The highest BCUT2D eigenvalue weighted by Crippen LogP contribution is 2.27. The zero-order valence-electron chi connectivity index (χ0n) is 19.6. The van der Waals surface area contributed by atoms with E-state index in [0.29, 0.717) is 25.2 Å². The van der Waals surface area contributed by atoms with Crippen LogP contribution in [-0.4, -0.2) is 65.0 Å². The van der Waals surface area contributed by atoms with Crippen LogP contribution in [0.15, 0.2) is 67.1 Å². The molecule has 2 aromatic rings. The first kappa shape index (κ1) is 24.6. The first-order valence-electron chi connectivity index (χ1n) is 11.6. The molecular weight excluding hydrogens is 502 g/mol. The molecule has 37 heavy (non-hydrogen) atoms. The molecule has 5 rings (SSSR count). The third-order valence-electron chi connectivity index (χ3n) is 6.74. The van der Waals surface area contributed by atoms with Gasteiger partial charge in [0.15, 0.2) is 17.0 Å². The Balaban J connectivity index is 1.19. The van der Waals surface area contributed by atoms with Crippen molar-refractivity contribution in [2.24, 2.45) is 37.4 Å². The Morgan fingerprint density at radius 3 is 2.70 bits per heavy atom. The monoisotopic (exact) mass is 527 g/mol. The van der Waals surface area contributed by atoms with E-state index < -0.39 is 18.2 Å². The molecular formula is C21H26ClN13O2. The fourth-order valence-electron chi connectivity index (χ4n) is 4.84. The minimum Gasteiger partial charge on any atom is -0.361 e. The molecule has 3 aliphatic heterocycles. The molecule has 15 nitrogen and oxygen atoms in total. The van der Waals surface area contributed by atoms with Crippen molar-refractivity contribution in [2.45, 2.75) is 30.7 Å². The highest BCUT2D eigenvalue weighted by atomic mass is 35.5. The largest absolute Gasteiger partial charge is 0.361 e. The number of likely N-dealkylation sites (tertiary alicyclic amines) is 1. The Kier molecular flexibility index (Phi) is 6.73. The molecule has 2 saturated heterocycles. The van der Waals surface area contributed by atoms with E-state index in [9.17, 15) is 9.59 Å². The molecule has 0 bridgehead atoms. The fraction of sp³-hybridized carbons (Fsp3) is 0.381. The summed E-state index contributed by atoms with van der Waals surface area (Å²) in [4.78, 5) is 35.3. The molecule has 16 heteroatoms. The fourth-order valence-corrected chi connectivity index (χ4v) is 5.03. The summed E-state index contributed by atoms with van der Waals surface area (Å²) in [6, 6.07) is 6.54. The first-order valence-corrected chi connectivity index (χ1v) is 11.9. The maximum atomic E-state index is 13.2. The van der Waals surface area contributed by atoms with Crippen molar-refractivity contribution < 1.29 is 9.59 Å². The van der Waals surface area contributed by atoms with Crippen LogP contribution in [0, 0.1) is 0 Å². The van der Waals surface area contributed by atoms with Crippen LogP contribution in [0.25, 0.3) is 10.9 Å². The van der Waals surface area contributed by atoms with Gasteiger partial charge in [0, 0.05) is 47.8 Å². The van der Waals surface area contributed by atoms with Gasteiger partial charge in [-0.1, -0.05) is 28.1 Å². The van der Waals surface area contributed by atoms with Gasteiger partial charge in [-0.2, -0.15) is 0 Å². The summed E-state index contributed by atoms with van der Waals surface area (Å²) >= 11 is 6.11. The summed E-state index contributed by atoms with van der Waals surface area (Å²) in [6.07, 6.45) is 2.76. The van der Waals surface area contributed by atoms with Gasteiger partial charge >= 0.3 is 0 Å². The lowest BCUT2D eigenvalue weighted by molar-refractivity contribution is -0.122. The molecule has 1 spiro atoms. The molecule has 2 fully saturated rings. The van der Waals surface area contributed by atoms with Crippen molar-refractivity contribution in [3.05, 3.63) is 47.0 Å². The second-order valence-electron chi connectivity index (χ2n) is 8.90. The number of rotatable bonds is 4.